The zero-order valence-electron chi connectivity index (χ0n) is 16.2. The van der Waals surface area contributed by atoms with Crippen LogP contribution in [0.1, 0.15) is 32.9 Å². The summed E-state index contributed by atoms with van der Waals surface area (Å²) in [5.74, 6) is 1.23. The summed E-state index contributed by atoms with van der Waals surface area (Å²) >= 11 is 0. The van der Waals surface area contributed by atoms with E-state index < -0.39 is 0 Å². The lowest BCUT2D eigenvalue weighted by molar-refractivity contribution is 0.207. The number of rotatable bonds is 5. The molecule has 5 nitrogen and oxygen atoms in total. The Kier molecular flexibility index (Phi) is 4.76. The van der Waals surface area contributed by atoms with Crippen LogP contribution in [-0.4, -0.2) is 21.7 Å². The zero-order valence-corrected chi connectivity index (χ0v) is 16.2. The first kappa shape index (κ1) is 18.4. The molecule has 5 heteroatoms. The van der Waals surface area contributed by atoms with Gasteiger partial charge in [-0.1, -0.05) is 13.8 Å². The van der Waals surface area contributed by atoms with E-state index >= 15 is 0 Å². The van der Waals surface area contributed by atoms with Gasteiger partial charge < -0.3 is 15.0 Å². The van der Waals surface area contributed by atoms with Crippen molar-refractivity contribution < 1.29 is 4.74 Å². The fourth-order valence-corrected chi connectivity index (χ4v) is 3.68. The molecule has 0 amide bonds. The molecule has 0 saturated heterocycles. The van der Waals surface area contributed by atoms with Crippen LogP contribution < -0.4 is 16.0 Å². The van der Waals surface area contributed by atoms with Gasteiger partial charge in [-0.25, -0.2) is 0 Å². The fourth-order valence-electron chi connectivity index (χ4n) is 3.68. The van der Waals surface area contributed by atoms with Gasteiger partial charge in [0.05, 0.1) is 16.6 Å². The third-order valence-electron chi connectivity index (χ3n) is 4.72. The van der Waals surface area contributed by atoms with Gasteiger partial charge in [-0.05, 0) is 49.8 Å². The van der Waals surface area contributed by atoms with Crippen LogP contribution in [0.2, 0.25) is 0 Å². The standard InChI is InChI=1S/C21H27N3O2/c1-13(2)11-21(4,22)12-26-15-6-7-16-17-8-9-23-14(3)19(17)20(25)24(5)18(16)10-15/h6-10,13H,11-12,22H2,1-5H3. The van der Waals surface area contributed by atoms with Crippen LogP contribution >= 0.6 is 0 Å². The topological polar surface area (TPSA) is 70.1 Å². The molecule has 26 heavy (non-hydrogen) atoms. The predicted molar refractivity (Wildman–Crippen MR) is 107 cm³/mol. The van der Waals surface area contributed by atoms with E-state index in [9.17, 15) is 4.79 Å². The van der Waals surface area contributed by atoms with Gasteiger partial charge in [0.25, 0.3) is 5.56 Å². The highest BCUT2D eigenvalue weighted by Gasteiger charge is 2.21. The third kappa shape index (κ3) is 3.44. The summed E-state index contributed by atoms with van der Waals surface area (Å²) in [7, 11) is 1.78. The van der Waals surface area contributed by atoms with Crippen LogP contribution in [-0.2, 0) is 7.05 Å². The van der Waals surface area contributed by atoms with E-state index in [4.69, 9.17) is 10.5 Å². The molecule has 1 atom stereocenters. The Bertz CT molecular complexity index is 1020. The Labute approximate surface area is 153 Å². The first-order valence-electron chi connectivity index (χ1n) is 8.99. The van der Waals surface area contributed by atoms with Crippen LogP contribution in [0, 0.1) is 12.8 Å². The Hall–Kier alpha value is -2.40. The SMILES string of the molecule is Cc1nccc2c1c(=O)n(C)c1cc(OCC(C)(N)CC(C)C)ccc21. The average Bonchev–Trinajstić information content (AvgIpc) is 2.56. The number of aryl methyl sites for hydroxylation is 2. The van der Waals surface area contributed by atoms with Gasteiger partial charge in [0.2, 0.25) is 0 Å². The minimum Gasteiger partial charge on any atom is -0.492 e. The van der Waals surface area contributed by atoms with Crippen molar-refractivity contribution in [3.63, 3.8) is 0 Å². The molecule has 138 valence electrons. The van der Waals surface area contributed by atoms with E-state index in [0.29, 0.717) is 17.9 Å². The molecule has 3 aromatic rings. The van der Waals surface area contributed by atoms with E-state index in [-0.39, 0.29) is 11.1 Å². The first-order chi connectivity index (χ1) is 12.2. The molecule has 0 aliphatic rings. The van der Waals surface area contributed by atoms with Crippen LogP contribution in [0.5, 0.6) is 5.75 Å². The average molecular weight is 353 g/mol. The van der Waals surface area contributed by atoms with Gasteiger partial charge in [0.15, 0.2) is 0 Å². The van der Waals surface area contributed by atoms with Crippen LogP contribution in [0.3, 0.4) is 0 Å². The molecule has 0 bridgehead atoms. The molecule has 0 aliphatic heterocycles. The van der Waals surface area contributed by atoms with E-state index in [1.165, 1.54) is 0 Å². The van der Waals surface area contributed by atoms with Gasteiger partial charge in [0.1, 0.15) is 12.4 Å². The van der Waals surface area contributed by atoms with Gasteiger partial charge in [-0.3, -0.25) is 9.78 Å². The number of fused-ring (bicyclic) bond motifs is 3. The quantitative estimate of drug-likeness (QED) is 0.712. The van der Waals surface area contributed by atoms with Crippen molar-refractivity contribution in [3.05, 3.63) is 46.5 Å². The maximum Gasteiger partial charge on any atom is 0.260 e. The molecule has 2 aromatic heterocycles. The van der Waals surface area contributed by atoms with E-state index in [1.54, 1.807) is 17.8 Å². The number of ether oxygens (including phenoxy) is 1. The van der Waals surface area contributed by atoms with E-state index in [2.05, 4.69) is 18.8 Å². The predicted octanol–water partition coefficient (Wildman–Crippen LogP) is 3.54. The largest absolute Gasteiger partial charge is 0.492 e. The molecule has 3 rings (SSSR count). The Morgan fingerprint density at radius 1 is 1.27 bits per heavy atom. The monoisotopic (exact) mass is 353 g/mol. The number of hydrogen-bond donors (Lipinski definition) is 1. The lowest BCUT2D eigenvalue weighted by Crippen LogP contribution is -2.43. The zero-order chi connectivity index (χ0) is 19.1. The molecular weight excluding hydrogens is 326 g/mol. The highest BCUT2D eigenvalue weighted by molar-refractivity contribution is 6.06. The summed E-state index contributed by atoms with van der Waals surface area (Å²) < 4.78 is 7.62. The number of benzene rings is 1. The third-order valence-corrected chi connectivity index (χ3v) is 4.72. The first-order valence-corrected chi connectivity index (χ1v) is 8.99. The molecular formula is C21H27N3O2. The van der Waals surface area contributed by atoms with Crippen molar-refractivity contribution in [2.45, 2.75) is 39.7 Å². The number of nitrogens with zero attached hydrogens (tertiary/aromatic N) is 2. The molecule has 2 heterocycles. The van der Waals surface area contributed by atoms with Crippen molar-refractivity contribution in [1.82, 2.24) is 9.55 Å². The fraction of sp³-hybridized carbons (Fsp3) is 0.429. The van der Waals surface area contributed by atoms with E-state index in [1.807, 2.05) is 38.1 Å². The van der Waals surface area contributed by atoms with Crippen molar-refractivity contribution in [1.29, 1.82) is 0 Å². The number of hydrogen-bond acceptors (Lipinski definition) is 4. The van der Waals surface area contributed by atoms with Crippen molar-refractivity contribution in [2.24, 2.45) is 18.7 Å². The van der Waals surface area contributed by atoms with Gasteiger partial charge in [-0.15, -0.1) is 0 Å². The van der Waals surface area contributed by atoms with Crippen molar-refractivity contribution >= 4 is 21.7 Å². The second-order valence-electron chi connectivity index (χ2n) is 7.90. The van der Waals surface area contributed by atoms with Gasteiger partial charge in [0, 0.05) is 30.2 Å². The number of pyridine rings is 2. The molecule has 1 aromatic carbocycles. The molecule has 0 spiro atoms. The highest BCUT2D eigenvalue weighted by Crippen LogP contribution is 2.27. The van der Waals surface area contributed by atoms with Crippen molar-refractivity contribution in [2.75, 3.05) is 6.61 Å². The summed E-state index contributed by atoms with van der Waals surface area (Å²) in [5, 5.41) is 2.60. The maximum atomic E-state index is 12.8. The van der Waals surface area contributed by atoms with Crippen LogP contribution in [0.25, 0.3) is 21.7 Å². The molecule has 0 fully saturated rings. The Morgan fingerprint density at radius 2 is 2.00 bits per heavy atom. The smallest absolute Gasteiger partial charge is 0.260 e. The maximum absolute atomic E-state index is 12.8. The summed E-state index contributed by atoms with van der Waals surface area (Å²) in [4.78, 5) is 17.0. The second-order valence-corrected chi connectivity index (χ2v) is 7.90. The molecule has 0 saturated carbocycles. The Balaban J connectivity index is 2.03. The lowest BCUT2D eigenvalue weighted by atomic mass is 9.93. The second kappa shape index (κ2) is 6.72. The number of aromatic nitrogens is 2. The van der Waals surface area contributed by atoms with Crippen molar-refractivity contribution in [3.8, 4) is 5.75 Å². The van der Waals surface area contributed by atoms with Gasteiger partial charge >= 0.3 is 0 Å². The minimum atomic E-state index is -0.388. The summed E-state index contributed by atoms with van der Waals surface area (Å²) in [5.41, 5.74) is 7.49. The van der Waals surface area contributed by atoms with Crippen LogP contribution in [0.4, 0.5) is 0 Å². The molecule has 0 radical (unpaired) electrons. The summed E-state index contributed by atoms with van der Waals surface area (Å²) in [6.07, 6.45) is 2.63. The summed E-state index contributed by atoms with van der Waals surface area (Å²) in [6, 6.07) is 7.75. The van der Waals surface area contributed by atoms with E-state index in [0.717, 1.165) is 34.2 Å². The number of nitrogens with two attached hydrogens (primary N) is 1. The lowest BCUT2D eigenvalue weighted by Gasteiger charge is -2.26. The molecule has 1 unspecified atom stereocenters. The normalized spacial score (nSPS) is 14.1. The molecule has 0 aliphatic carbocycles. The Morgan fingerprint density at radius 3 is 2.69 bits per heavy atom. The molecule has 2 N–H and O–H groups in total. The van der Waals surface area contributed by atoms with Crippen LogP contribution in [0.15, 0.2) is 35.3 Å². The highest BCUT2D eigenvalue weighted by atomic mass is 16.5. The van der Waals surface area contributed by atoms with Gasteiger partial charge in [-0.2, -0.15) is 0 Å². The minimum absolute atomic E-state index is 0.0429. The summed E-state index contributed by atoms with van der Waals surface area (Å²) in [6.45, 7) is 8.61.